The Morgan fingerprint density at radius 1 is 0.641 bits per heavy atom. The van der Waals surface area contributed by atoms with E-state index in [0.717, 1.165) is 36.3 Å². The fourth-order valence-corrected chi connectivity index (χ4v) is 4.04. The van der Waals surface area contributed by atoms with Gasteiger partial charge in [-0.25, -0.2) is 9.59 Å². The summed E-state index contributed by atoms with van der Waals surface area (Å²) in [4.78, 5) is 24.8. The average Bonchev–Trinajstić information content (AvgIpc) is 2.98. The zero-order valence-electron chi connectivity index (χ0n) is 23.6. The minimum atomic E-state index is -0.456. The molecule has 5 heteroatoms. The minimum Gasteiger partial charge on any atom is -0.494 e. The summed E-state index contributed by atoms with van der Waals surface area (Å²) in [6.45, 7) is 7.46. The van der Waals surface area contributed by atoms with E-state index in [9.17, 15) is 9.59 Å². The fraction of sp³-hybridized carbons (Fsp3) is 0.412. The molecule has 1 unspecified atom stereocenters. The topological polar surface area (TPSA) is 61.8 Å². The normalized spacial score (nSPS) is 11.6. The van der Waals surface area contributed by atoms with Gasteiger partial charge in [0.2, 0.25) is 0 Å². The molecule has 3 aromatic carbocycles. The average molecular weight is 531 g/mol. The Hall–Kier alpha value is -3.60. The van der Waals surface area contributed by atoms with Gasteiger partial charge < -0.3 is 14.2 Å². The number of unbranched alkanes of at least 4 members (excludes halogenated alkanes) is 6. The molecule has 0 fully saturated rings. The molecule has 0 saturated heterocycles. The second kappa shape index (κ2) is 16.4. The van der Waals surface area contributed by atoms with Crippen LogP contribution in [-0.2, 0) is 4.74 Å². The van der Waals surface area contributed by atoms with Gasteiger partial charge in [-0.05, 0) is 72.0 Å². The van der Waals surface area contributed by atoms with Crippen molar-refractivity contribution < 1.29 is 23.8 Å². The molecular weight excluding hydrogens is 488 g/mol. The molecule has 208 valence electrons. The zero-order chi connectivity index (χ0) is 27.9. The van der Waals surface area contributed by atoms with Crippen molar-refractivity contribution >= 4 is 11.9 Å². The van der Waals surface area contributed by atoms with Crippen molar-refractivity contribution in [1.29, 1.82) is 0 Å². The van der Waals surface area contributed by atoms with Crippen LogP contribution in [0.15, 0.2) is 72.8 Å². The van der Waals surface area contributed by atoms with E-state index in [1.807, 2.05) is 43.3 Å². The first kappa shape index (κ1) is 29.9. The van der Waals surface area contributed by atoms with Crippen molar-refractivity contribution in [2.24, 2.45) is 5.92 Å². The van der Waals surface area contributed by atoms with Crippen molar-refractivity contribution in [1.82, 2.24) is 0 Å². The van der Waals surface area contributed by atoms with Gasteiger partial charge in [0.25, 0.3) is 0 Å². The van der Waals surface area contributed by atoms with E-state index in [-0.39, 0.29) is 5.97 Å². The lowest BCUT2D eigenvalue weighted by atomic mass is 10.0. The monoisotopic (exact) mass is 530 g/mol. The largest absolute Gasteiger partial charge is 0.494 e. The molecule has 0 heterocycles. The number of benzene rings is 3. The van der Waals surface area contributed by atoms with E-state index in [1.165, 1.54) is 38.5 Å². The Labute approximate surface area is 233 Å². The van der Waals surface area contributed by atoms with Crippen molar-refractivity contribution in [3.8, 4) is 22.6 Å². The Morgan fingerprint density at radius 3 is 1.77 bits per heavy atom. The van der Waals surface area contributed by atoms with Crippen LogP contribution in [0.5, 0.6) is 11.5 Å². The molecule has 0 spiro atoms. The van der Waals surface area contributed by atoms with Crippen LogP contribution in [0.25, 0.3) is 11.1 Å². The zero-order valence-corrected chi connectivity index (χ0v) is 23.6. The third kappa shape index (κ3) is 10.2. The first-order valence-corrected chi connectivity index (χ1v) is 14.3. The van der Waals surface area contributed by atoms with Crippen molar-refractivity contribution in [2.75, 3.05) is 13.2 Å². The van der Waals surface area contributed by atoms with Crippen LogP contribution in [0, 0.1) is 5.92 Å². The van der Waals surface area contributed by atoms with Crippen LogP contribution in [0.4, 0.5) is 0 Å². The lowest BCUT2D eigenvalue weighted by Crippen LogP contribution is -2.12. The van der Waals surface area contributed by atoms with Crippen molar-refractivity contribution in [3.63, 3.8) is 0 Å². The van der Waals surface area contributed by atoms with E-state index in [2.05, 4.69) is 13.8 Å². The predicted molar refractivity (Wildman–Crippen MR) is 157 cm³/mol. The van der Waals surface area contributed by atoms with Gasteiger partial charge in [0, 0.05) is 0 Å². The van der Waals surface area contributed by atoms with Gasteiger partial charge in [-0.1, -0.05) is 90.0 Å². The van der Waals surface area contributed by atoms with E-state index < -0.39 is 5.97 Å². The smallest absolute Gasteiger partial charge is 0.343 e. The Balaban J connectivity index is 1.45. The highest BCUT2D eigenvalue weighted by Gasteiger charge is 2.12. The van der Waals surface area contributed by atoms with Gasteiger partial charge in [-0.3, -0.25) is 0 Å². The maximum absolute atomic E-state index is 12.6. The first-order valence-electron chi connectivity index (χ1n) is 14.3. The second-order valence-corrected chi connectivity index (χ2v) is 10.1. The van der Waals surface area contributed by atoms with E-state index in [0.29, 0.717) is 29.4 Å². The molecule has 3 aromatic rings. The number of rotatable bonds is 16. The SMILES string of the molecule is CCCCCCCCCOc1ccc(-c2ccc(C(=O)Oc3ccc(C(=O)OCC(C)CC)cc3)cc2)cc1. The summed E-state index contributed by atoms with van der Waals surface area (Å²) < 4.78 is 16.7. The second-order valence-electron chi connectivity index (χ2n) is 10.1. The van der Waals surface area contributed by atoms with Gasteiger partial charge in [-0.2, -0.15) is 0 Å². The molecule has 0 aliphatic rings. The number of esters is 2. The minimum absolute atomic E-state index is 0.318. The highest BCUT2D eigenvalue weighted by atomic mass is 16.5. The third-order valence-electron chi connectivity index (χ3n) is 6.82. The van der Waals surface area contributed by atoms with Gasteiger partial charge in [0.15, 0.2) is 0 Å². The highest BCUT2D eigenvalue weighted by molar-refractivity contribution is 5.92. The predicted octanol–water partition coefficient (Wildman–Crippen LogP) is 8.91. The van der Waals surface area contributed by atoms with Crippen LogP contribution >= 0.6 is 0 Å². The molecule has 0 saturated carbocycles. The maximum Gasteiger partial charge on any atom is 0.343 e. The number of carbonyl (C=O) groups excluding carboxylic acids is 2. The maximum atomic E-state index is 12.6. The van der Waals surface area contributed by atoms with Crippen LogP contribution in [0.1, 0.15) is 92.9 Å². The fourth-order valence-electron chi connectivity index (χ4n) is 4.04. The standard InChI is InChI=1S/C34H42O5/c1-4-6-7-8-9-10-11-24-37-31-20-16-28(17-21-31)27-12-14-30(15-13-27)34(36)39-32-22-18-29(19-23-32)33(35)38-25-26(3)5-2/h12-23,26H,4-11,24-25H2,1-3H3. The molecule has 1 atom stereocenters. The number of ether oxygens (including phenoxy) is 3. The Bertz CT molecular complexity index is 1130. The first-order chi connectivity index (χ1) is 19.0. The van der Waals surface area contributed by atoms with Crippen LogP contribution < -0.4 is 9.47 Å². The van der Waals surface area contributed by atoms with Gasteiger partial charge in [0.1, 0.15) is 11.5 Å². The molecule has 0 aliphatic carbocycles. The third-order valence-corrected chi connectivity index (χ3v) is 6.82. The van der Waals surface area contributed by atoms with Crippen LogP contribution in [-0.4, -0.2) is 25.2 Å². The summed E-state index contributed by atoms with van der Waals surface area (Å²) >= 11 is 0. The summed E-state index contributed by atoms with van der Waals surface area (Å²) in [5.74, 6) is 0.729. The molecule has 3 rings (SSSR count). The van der Waals surface area contributed by atoms with Crippen molar-refractivity contribution in [3.05, 3.63) is 83.9 Å². The summed E-state index contributed by atoms with van der Waals surface area (Å²) in [5.41, 5.74) is 2.93. The number of hydrogen-bond donors (Lipinski definition) is 0. The van der Waals surface area contributed by atoms with Crippen LogP contribution in [0.3, 0.4) is 0 Å². The quantitative estimate of drug-likeness (QED) is 0.105. The van der Waals surface area contributed by atoms with Gasteiger partial charge in [0.05, 0.1) is 24.3 Å². The van der Waals surface area contributed by atoms with Gasteiger partial charge in [-0.15, -0.1) is 0 Å². The summed E-state index contributed by atoms with van der Waals surface area (Å²) in [6, 6.07) is 21.8. The molecule has 0 N–H and O–H groups in total. The molecular formula is C34H42O5. The Kier molecular flexibility index (Phi) is 12.6. The molecule has 0 aromatic heterocycles. The van der Waals surface area contributed by atoms with Crippen LogP contribution in [0.2, 0.25) is 0 Å². The van der Waals surface area contributed by atoms with Crippen molar-refractivity contribution in [2.45, 2.75) is 72.1 Å². The molecule has 39 heavy (non-hydrogen) atoms. The summed E-state index contributed by atoms with van der Waals surface area (Å²) in [7, 11) is 0. The van der Waals surface area contributed by atoms with E-state index >= 15 is 0 Å². The molecule has 5 nitrogen and oxygen atoms in total. The number of hydrogen-bond acceptors (Lipinski definition) is 5. The molecule has 0 bridgehead atoms. The summed E-state index contributed by atoms with van der Waals surface area (Å²) in [5, 5.41) is 0. The highest BCUT2D eigenvalue weighted by Crippen LogP contribution is 2.24. The molecule has 0 aliphatic heterocycles. The lowest BCUT2D eigenvalue weighted by molar-refractivity contribution is 0.0447. The van der Waals surface area contributed by atoms with E-state index in [1.54, 1.807) is 36.4 Å². The van der Waals surface area contributed by atoms with E-state index in [4.69, 9.17) is 14.2 Å². The molecule has 0 amide bonds. The Morgan fingerprint density at radius 2 is 1.15 bits per heavy atom. The summed E-state index contributed by atoms with van der Waals surface area (Å²) in [6.07, 6.45) is 9.82. The molecule has 0 radical (unpaired) electrons. The van der Waals surface area contributed by atoms with Gasteiger partial charge >= 0.3 is 11.9 Å². The number of carbonyl (C=O) groups is 2. The lowest BCUT2D eigenvalue weighted by Gasteiger charge is -2.10.